The van der Waals surface area contributed by atoms with Gasteiger partial charge in [0.2, 0.25) is 16.5 Å². The third-order valence-corrected chi connectivity index (χ3v) is 3.00. The molecule has 17 heavy (non-hydrogen) atoms. The molecule has 0 aliphatic carbocycles. The largest absolute Gasteiger partial charge is 0.379 e. The van der Waals surface area contributed by atoms with Gasteiger partial charge in [0.25, 0.3) is 0 Å². The third-order valence-electron chi connectivity index (χ3n) is 2.67. The van der Waals surface area contributed by atoms with E-state index in [1.54, 1.807) is 0 Å². The molecule has 1 aromatic rings. The Morgan fingerprint density at radius 1 is 1.18 bits per heavy atom. The first kappa shape index (κ1) is 12.8. The highest BCUT2D eigenvalue weighted by Gasteiger charge is 2.31. The second-order valence-corrected chi connectivity index (χ2v) is 5.22. The van der Waals surface area contributed by atoms with E-state index in [0.717, 1.165) is 19.6 Å². The molecule has 2 rings (SSSR count). The molecule has 1 fully saturated rings. The van der Waals surface area contributed by atoms with E-state index >= 15 is 0 Å². The van der Waals surface area contributed by atoms with Crippen LogP contribution in [0.15, 0.2) is 0 Å². The van der Waals surface area contributed by atoms with Crippen LogP contribution in [0.2, 0.25) is 10.6 Å². The van der Waals surface area contributed by atoms with Crippen LogP contribution >= 0.6 is 23.2 Å². The average Bonchev–Trinajstić information content (AvgIpc) is 2.37. The van der Waals surface area contributed by atoms with Crippen LogP contribution in [0.25, 0.3) is 0 Å². The molecule has 0 aromatic carbocycles. The quantitative estimate of drug-likeness (QED) is 0.787. The van der Waals surface area contributed by atoms with Gasteiger partial charge < -0.3 is 9.64 Å². The van der Waals surface area contributed by atoms with Gasteiger partial charge in [0.15, 0.2) is 0 Å². The van der Waals surface area contributed by atoms with Crippen molar-refractivity contribution < 1.29 is 4.74 Å². The van der Waals surface area contributed by atoms with Crippen molar-refractivity contribution in [2.24, 2.45) is 0 Å². The Morgan fingerprint density at radius 3 is 2.47 bits per heavy atom. The molecule has 1 aromatic heterocycles. The van der Waals surface area contributed by atoms with Crippen LogP contribution in [0.3, 0.4) is 0 Å². The second kappa shape index (κ2) is 4.92. The molecular formula is C10H14Cl2N4O. The van der Waals surface area contributed by atoms with Crippen molar-refractivity contribution in [3.8, 4) is 0 Å². The molecule has 1 aliphatic rings. The summed E-state index contributed by atoms with van der Waals surface area (Å²) >= 11 is 11.6. The monoisotopic (exact) mass is 276 g/mol. The topological polar surface area (TPSA) is 51.1 Å². The number of anilines is 1. The van der Waals surface area contributed by atoms with Gasteiger partial charge in [-0.2, -0.15) is 15.0 Å². The predicted octanol–water partition coefficient (Wildman–Crippen LogP) is 2.18. The lowest BCUT2D eigenvalue weighted by Crippen LogP contribution is -2.47. The molecule has 1 saturated heterocycles. The SMILES string of the molecule is CC1(C)COCCCN1c1nc(Cl)nc(Cl)n1. The summed E-state index contributed by atoms with van der Waals surface area (Å²) in [5.41, 5.74) is -0.190. The minimum atomic E-state index is -0.190. The van der Waals surface area contributed by atoms with Crippen molar-refractivity contribution in [3.05, 3.63) is 10.6 Å². The minimum Gasteiger partial charge on any atom is -0.379 e. The molecule has 0 bridgehead atoms. The number of halogens is 2. The molecule has 0 unspecified atom stereocenters. The van der Waals surface area contributed by atoms with E-state index in [2.05, 4.69) is 33.7 Å². The van der Waals surface area contributed by atoms with Gasteiger partial charge in [-0.25, -0.2) is 0 Å². The summed E-state index contributed by atoms with van der Waals surface area (Å²) in [7, 11) is 0. The van der Waals surface area contributed by atoms with Gasteiger partial charge in [-0.3, -0.25) is 0 Å². The third kappa shape index (κ3) is 2.97. The van der Waals surface area contributed by atoms with E-state index in [9.17, 15) is 0 Å². The normalized spacial score (nSPS) is 20.1. The lowest BCUT2D eigenvalue weighted by molar-refractivity contribution is 0.112. The minimum absolute atomic E-state index is 0.112. The van der Waals surface area contributed by atoms with Gasteiger partial charge >= 0.3 is 0 Å². The maximum atomic E-state index is 5.80. The zero-order valence-electron chi connectivity index (χ0n) is 9.78. The van der Waals surface area contributed by atoms with Crippen LogP contribution in [0.1, 0.15) is 20.3 Å². The number of hydrogen-bond donors (Lipinski definition) is 0. The lowest BCUT2D eigenvalue weighted by atomic mass is 10.1. The summed E-state index contributed by atoms with van der Waals surface area (Å²) in [5, 5.41) is 0.224. The van der Waals surface area contributed by atoms with Gasteiger partial charge in [0, 0.05) is 13.2 Å². The molecule has 0 atom stereocenters. The molecule has 0 N–H and O–H groups in total. The molecule has 2 heterocycles. The number of ether oxygens (including phenoxy) is 1. The first-order valence-electron chi connectivity index (χ1n) is 5.41. The van der Waals surface area contributed by atoms with Crippen LogP contribution in [0, 0.1) is 0 Å². The van der Waals surface area contributed by atoms with Crippen LogP contribution in [0.5, 0.6) is 0 Å². The van der Waals surface area contributed by atoms with Crippen LogP contribution in [0.4, 0.5) is 5.95 Å². The standard InChI is InChI=1S/C10H14Cl2N4O/c1-10(2)6-17-5-3-4-16(10)9-14-7(11)13-8(12)15-9/h3-6H2,1-2H3. The average molecular weight is 277 g/mol. The fourth-order valence-corrected chi connectivity index (χ4v) is 2.19. The molecule has 5 nitrogen and oxygen atoms in total. The Kier molecular flexibility index (Phi) is 3.70. The Bertz CT molecular complexity index is 393. The lowest BCUT2D eigenvalue weighted by Gasteiger charge is -2.36. The van der Waals surface area contributed by atoms with Crippen molar-refractivity contribution >= 4 is 29.2 Å². The Hall–Kier alpha value is -0.650. The first-order chi connectivity index (χ1) is 7.99. The summed E-state index contributed by atoms with van der Waals surface area (Å²) < 4.78 is 5.54. The molecular weight excluding hydrogens is 263 g/mol. The summed E-state index contributed by atoms with van der Waals surface area (Å²) in [4.78, 5) is 14.1. The molecule has 0 spiro atoms. The van der Waals surface area contributed by atoms with E-state index in [1.807, 2.05) is 0 Å². The van der Waals surface area contributed by atoms with E-state index in [4.69, 9.17) is 27.9 Å². The zero-order valence-corrected chi connectivity index (χ0v) is 11.3. The molecule has 0 saturated carbocycles. The first-order valence-corrected chi connectivity index (χ1v) is 6.17. The summed E-state index contributed by atoms with van der Waals surface area (Å²) in [6, 6.07) is 0. The smallest absolute Gasteiger partial charge is 0.231 e. The van der Waals surface area contributed by atoms with Crippen molar-refractivity contribution in [1.29, 1.82) is 0 Å². The van der Waals surface area contributed by atoms with Gasteiger partial charge in [0.05, 0.1) is 12.1 Å². The van der Waals surface area contributed by atoms with E-state index < -0.39 is 0 Å². The molecule has 1 aliphatic heterocycles. The summed E-state index contributed by atoms with van der Waals surface area (Å²) in [6.45, 7) is 6.32. The maximum Gasteiger partial charge on any atom is 0.231 e. The fraction of sp³-hybridized carbons (Fsp3) is 0.700. The van der Waals surface area contributed by atoms with Gasteiger partial charge in [-0.15, -0.1) is 0 Å². The van der Waals surface area contributed by atoms with Gasteiger partial charge in [-0.1, -0.05) is 0 Å². The van der Waals surface area contributed by atoms with Crippen LogP contribution < -0.4 is 4.90 Å². The number of rotatable bonds is 1. The van der Waals surface area contributed by atoms with Crippen LogP contribution in [-0.2, 0) is 4.74 Å². The van der Waals surface area contributed by atoms with Crippen molar-refractivity contribution in [3.63, 3.8) is 0 Å². The van der Waals surface area contributed by atoms with E-state index in [1.165, 1.54) is 0 Å². The Labute approximate surface area is 110 Å². The van der Waals surface area contributed by atoms with Crippen molar-refractivity contribution in [1.82, 2.24) is 15.0 Å². The zero-order chi connectivity index (χ0) is 12.5. The van der Waals surface area contributed by atoms with Crippen molar-refractivity contribution in [2.75, 3.05) is 24.7 Å². The number of aromatic nitrogens is 3. The van der Waals surface area contributed by atoms with E-state index in [-0.39, 0.29) is 16.1 Å². The summed E-state index contributed by atoms with van der Waals surface area (Å²) in [6.07, 6.45) is 0.921. The Morgan fingerprint density at radius 2 is 1.82 bits per heavy atom. The molecule has 7 heteroatoms. The van der Waals surface area contributed by atoms with Gasteiger partial charge in [0.1, 0.15) is 0 Å². The predicted molar refractivity (Wildman–Crippen MR) is 66.7 cm³/mol. The molecule has 94 valence electrons. The molecule has 0 amide bonds. The fourth-order valence-electron chi connectivity index (χ4n) is 1.83. The maximum absolute atomic E-state index is 5.80. The number of hydrogen-bond acceptors (Lipinski definition) is 5. The second-order valence-electron chi connectivity index (χ2n) is 4.54. The Balaban J connectivity index is 2.35. The summed E-state index contributed by atoms with van der Waals surface area (Å²) in [5.74, 6) is 0.505. The highest BCUT2D eigenvalue weighted by atomic mass is 35.5. The van der Waals surface area contributed by atoms with Crippen molar-refractivity contribution in [2.45, 2.75) is 25.8 Å². The van der Waals surface area contributed by atoms with Crippen LogP contribution in [-0.4, -0.2) is 40.2 Å². The molecule has 0 radical (unpaired) electrons. The number of nitrogens with zero attached hydrogens (tertiary/aromatic N) is 4. The highest BCUT2D eigenvalue weighted by molar-refractivity contribution is 6.31. The van der Waals surface area contributed by atoms with E-state index in [0.29, 0.717) is 12.6 Å². The van der Waals surface area contributed by atoms with Gasteiger partial charge in [-0.05, 0) is 43.5 Å². The highest BCUT2D eigenvalue weighted by Crippen LogP contribution is 2.25.